The second-order valence-electron chi connectivity index (χ2n) is 8.46. The molecule has 6 nitrogen and oxygen atoms in total. The molecule has 3 aromatic rings. The van der Waals surface area contributed by atoms with E-state index < -0.39 is 5.82 Å². The van der Waals surface area contributed by atoms with E-state index in [-0.39, 0.29) is 17.0 Å². The Bertz CT molecular complexity index is 1200. The number of benzene rings is 2. The maximum absolute atomic E-state index is 14.5. The molecule has 1 N–H and O–H groups in total. The van der Waals surface area contributed by atoms with Crippen molar-refractivity contribution in [3.63, 3.8) is 0 Å². The van der Waals surface area contributed by atoms with E-state index in [1.165, 1.54) is 18.9 Å². The number of hydrogen-bond donors (Lipinski definition) is 1. The fourth-order valence-corrected chi connectivity index (χ4v) is 4.57. The number of carbonyl (C=O) groups is 1. The van der Waals surface area contributed by atoms with Crippen LogP contribution in [0.2, 0.25) is 0 Å². The van der Waals surface area contributed by atoms with Crippen molar-refractivity contribution in [3.8, 4) is 0 Å². The molecule has 31 heavy (non-hydrogen) atoms. The van der Waals surface area contributed by atoms with Crippen molar-refractivity contribution >= 4 is 16.7 Å². The summed E-state index contributed by atoms with van der Waals surface area (Å²) in [6, 6.07) is 12.9. The average Bonchev–Trinajstić information content (AvgIpc) is 3.58. The number of carbonyl (C=O) groups excluding carboxylic acids is 1. The zero-order valence-electron chi connectivity index (χ0n) is 17.5. The third-order valence-corrected chi connectivity index (χ3v) is 6.41. The lowest BCUT2D eigenvalue weighted by Crippen LogP contribution is -2.61. The molecule has 0 atom stereocenters. The van der Waals surface area contributed by atoms with Gasteiger partial charge in [0.2, 0.25) is 0 Å². The van der Waals surface area contributed by atoms with Gasteiger partial charge in [-0.05, 0) is 43.1 Å². The van der Waals surface area contributed by atoms with Crippen molar-refractivity contribution in [2.75, 3.05) is 19.6 Å². The summed E-state index contributed by atoms with van der Waals surface area (Å²) in [5.41, 5.74) is 1.32. The monoisotopic (exact) mass is 420 g/mol. The minimum absolute atomic E-state index is 0.0964. The van der Waals surface area contributed by atoms with Gasteiger partial charge in [-0.25, -0.2) is 9.49 Å². The second kappa shape index (κ2) is 7.89. The van der Waals surface area contributed by atoms with Crippen molar-refractivity contribution in [2.24, 2.45) is 0 Å². The fourth-order valence-electron chi connectivity index (χ4n) is 4.57. The molecule has 2 fully saturated rings. The van der Waals surface area contributed by atoms with Gasteiger partial charge in [0.25, 0.3) is 11.5 Å². The van der Waals surface area contributed by atoms with Gasteiger partial charge >= 0.3 is 0 Å². The zero-order valence-corrected chi connectivity index (χ0v) is 17.5. The number of amides is 1. The number of aromatic nitrogens is 2. The molecule has 1 saturated carbocycles. The Morgan fingerprint density at radius 1 is 1.16 bits per heavy atom. The highest BCUT2D eigenvalue weighted by Crippen LogP contribution is 2.31. The van der Waals surface area contributed by atoms with Gasteiger partial charge in [-0.3, -0.25) is 14.5 Å². The molecule has 7 heteroatoms. The molecule has 2 heterocycles. The number of aromatic amines is 1. The van der Waals surface area contributed by atoms with Crippen LogP contribution in [0.25, 0.3) is 10.8 Å². The Morgan fingerprint density at radius 2 is 1.90 bits per heavy atom. The number of halogens is 1. The fraction of sp³-hybridized carbons (Fsp3) is 0.375. The number of hydrogen-bond acceptors (Lipinski definition) is 4. The van der Waals surface area contributed by atoms with Gasteiger partial charge in [-0.2, -0.15) is 5.10 Å². The lowest BCUT2D eigenvalue weighted by atomic mass is 10.00. The minimum atomic E-state index is -0.508. The number of fused-ring (bicyclic) bond motifs is 1. The molecular weight excluding hydrogens is 395 g/mol. The summed E-state index contributed by atoms with van der Waals surface area (Å²) in [7, 11) is 0. The molecule has 1 aliphatic carbocycles. The molecule has 1 aliphatic heterocycles. The smallest absolute Gasteiger partial charge is 0.272 e. The normalized spacial score (nSPS) is 16.7. The standard InChI is InChI=1S/C24H25FN4O2/c1-2-29(16-8-9-16)17-13-28(14-17)24(31)20-11-15(7-10-21(20)25)12-22-18-5-3-4-6-19(18)23(30)27-26-22/h3-7,10-11,16-17H,2,8-9,12-14H2,1H3,(H,27,30). The second-order valence-corrected chi connectivity index (χ2v) is 8.46. The maximum Gasteiger partial charge on any atom is 0.272 e. The predicted octanol–water partition coefficient (Wildman–Crippen LogP) is 2.96. The summed E-state index contributed by atoms with van der Waals surface area (Å²) in [6.45, 7) is 4.44. The predicted molar refractivity (Wildman–Crippen MR) is 117 cm³/mol. The number of nitrogens with one attached hydrogen (secondary N) is 1. The minimum Gasteiger partial charge on any atom is -0.335 e. The molecule has 2 aromatic carbocycles. The van der Waals surface area contributed by atoms with Crippen LogP contribution in [0.4, 0.5) is 4.39 Å². The highest BCUT2D eigenvalue weighted by Gasteiger charge is 2.41. The Hall–Kier alpha value is -3.06. The van der Waals surface area contributed by atoms with Gasteiger partial charge in [-0.1, -0.05) is 31.2 Å². The number of likely N-dealkylation sites (N-methyl/N-ethyl adjacent to an activating group) is 1. The van der Waals surface area contributed by atoms with Crippen LogP contribution in [-0.2, 0) is 6.42 Å². The Balaban J connectivity index is 1.35. The maximum atomic E-state index is 14.5. The van der Waals surface area contributed by atoms with Crippen molar-refractivity contribution in [2.45, 2.75) is 38.3 Å². The third-order valence-electron chi connectivity index (χ3n) is 6.41. The first kappa shape index (κ1) is 19.9. The summed E-state index contributed by atoms with van der Waals surface area (Å²) >= 11 is 0. The van der Waals surface area contributed by atoms with Crippen LogP contribution in [0.1, 0.15) is 41.4 Å². The molecule has 1 saturated heterocycles. The topological polar surface area (TPSA) is 69.3 Å². The number of likely N-dealkylation sites (tertiary alicyclic amines) is 1. The SMILES string of the molecule is CCN(C1CC1)C1CN(C(=O)c2cc(Cc3n[nH]c(=O)c4ccccc34)ccc2F)C1. The first-order valence-electron chi connectivity index (χ1n) is 10.8. The number of H-pyrrole nitrogens is 1. The van der Waals surface area contributed by atoms with Crippen LogP contribution in [0.5, 0.6) is 0 Å². The van der Waals surface area contributed by atoms with E-state index in [0.717, 1.165) is 17.5 Å². The van der Waals surface area contributed by atoms with E-state index in [0.29, 0.717) is 42.7 Å². The summed E-state index contributed by atoms with van der Waals surface area (Å²) in [6.07, 6.45) is 2.87. The van der Waals surface area contributed by atoms with Crippen LogP contribution in [0, 0.1) is 5.82 Å². The molecule has 0 radical (unpaired) electrons. The summed E-state index contributed by atoms with van der Waals surface area (Å²) in [4.78, 5) is 29.2. The quantitative estimate of drug-likeness (QED) is 0.666. The van der Waals surface area contributed by atoms with Crippen LogP contribution in [0.15, 0.2) is 47.3 Å². The van der Waals surface area contributed by atoms with Crippen LogP contribution in [-0.4, -0.2) is 57.6 Å². The molecule has 2 aliphatic rings. The molecule has 0 spiro atoms. The average molecular weight is 420 g/mol. The summed E-state index contributed by atoms with van der Waals surface area (Å²) in [5, 5.41) is 8.04. The van der Waals surface area contributed by atoms with Gasteiger partial charge in [0.1, 0.15) is 5.82 Å². The van der Waals surface area contributed by atoms with Crippen molar-refractivity contribution in [3.05, 3.63) is 75.5 Å². The van der Waals surface area contributed by atoms with E-state index in [4.69, 9.17) is 0 Å². The van der Waals surface area contributed by atoms with E-state index in [2.05, 4.69) is 22.0 Å². The van der Waals surface area contributed by atoms with Crippen molar-refractivity contribution < 1.29 is 9.18 Å². The molecule has 1 aromatic heterocycles. The summed E-state index contributed by atoms with van der Waals surface area (Å²) in [5.74, 6) is -0.771. The molecule has 160 valence electrons. The molecular formula is C24H25FN4O2. The molecule has 0 bridgehead atoms. The van der Waals surface area contributed by atoms with Crippen molar-refractivity contribution in [1.29, 1.82) is 0 Å². The van der Waals surface area contributed by atoms with Gasteiger partial charge in [0.05, 0.1) is 16.6 Å². The largest absolute Gasteiger partial charge is 0.335 e. The zero-order chi connectivity index (χ0) is 21.5. The highest BCUT2D eigenvalue weighted by molar-refractivity contribution is 5.95. The van der Waals surface area contributed by atoms with Gasteiger partial charge in [0.15, 0.2) is 0 Å². The Morgan fingerprint density at radius 3 is 2.61 bits per heavy atom. The van der Waals surface area contributed by atoms with Gasteiger partial charge in [0, 0.05) is 37.0 Å². The molecule has 0 unspecified atom stereocenters. The first-order chi connectivity index (χ1) is 15.0. The van der Waals surface area contributed by atoms with Gasteiger partial charge < -0.3 is 4.90 Å². The number of nitrogens with zero attached hydrogens (tertiary/aromatic N) is 3. The first-order valence-corrected chi connectivity index (χ1v) is 10.8. The summed E-state index contributed by atoms with van der Waals surface area (Å²) < 4.78 is 14.5. The molecule has 5 rings (SSSR count). The van der Waals surface area contributed by atoms with E-state index in [1.807, 2.05) is 12.1 Å². The Labute approximate surface area is 179 Å². The van der Waals surface area contributed by atoms with Crippen LogP contribution < -0.4 is 5.56 Å². The van der Waals surface area contributed by atoms with E-state index in [9.17, 15) is 14.0 Å². The highest BCUT2D eigenvalue weighted by atomic mass is 19.1. The number of rotatable bonds is 6. The van der Waals surface area contributed by atoms with Crippen LogP contribution in [0.3, 0.4) is 0 Å². The van der Waals surface area contributed by atoms with E-state index in [1.54, 1.807) is 29.2 Å². The lowest BCUT2D eigenvalue weighted by molar-refractivity contribution is 0.0248. The molecule has 1 amide bonds. The van der Waals surface area contributed by atoms with Crippen molar-refractivity contribution in [1.82, 2.24) is 20.0 Å². The lowest BCUT2D eigenvalue weighted by Gasteiger charge is -2.45. The van der Waals surface area contributed by atoms with E-state index >= 15 is 0 Å². The Kier molecular flexibility index (Phi) is 5.06. The van der Waals surface area contributed by atoms with Crippen LogP contribution >= 0.6 is 0 Å². The van der Waals surface area contributed by atoms with Gasteiger partial charge in [-0.15, -0.1) is 0 Å². The third kappa shape index (κ3) is 3.74.